The van der Waals surface area contributed by atoms with Gasteiger partial charge in [0.2, 0.25) is 0 Å². The summed E-state index contributed by atoms with van der Waals surface area (Å²) < 4.78 is 244. The molecule has 2 unspecified atom stereocenters. The van der Waals surface area contributed by atoms with Crippen LogP contribution in [0.15, 0.2) is 12.2 Å². The van der Waals surface area contributed by atoms with Crippen molar-refractivity contribution in [3.8, 4) is 0 Å². The molecule has 0 saturated heterocycles. The fourth-order valence-corrected chi connectivity index (χ4v) is 3.90. The first kappa shape index (κ1) is 36.0. The molecule has 1 N–H and O–H groups in total. The minimum atomic E-state index is -8.73. The third-order valence-corrected chi connectivity index (χ3v) is 6.67. The maximum Gasteiger partial charge on any atom is 0.460 e. The molecule has 0 aromatic rings. The highest BCUT2D eigenvalue weighted by atomic mass is 32.2. The van der Waals surface area contributed by atoms with Crippen molar-refractivity contribution in [2.45, 2.75) is 80.1 Å². The number of esters is 1. The topological polar surface area (TPSA) is 72.5 Å². The molecule has 0 radical (unpaired) electrons. The summed E-state index contributed by atoms with van der Waals surface area (Å²) in [6.45, 7) is 4.13. The van der Waals surface area contributed by atoms with Crippen molar-refractivity contribution in [2.24, 2.45) is 0 Å². The van der Waals surface area contributed by atoms with E-state index in [0.717, 1.165) is 6.92 Å². The summed E-state index contributed by atoms with van der Waals surface area (Å²) in [5.74, 6) is -52.0. The Morgan fingerprint density at radius 3 is 1.34 bits per heavy atom. The van der Waals surface area contributed by atoms with Crippen LogP contribution < -0.4 is 4.72 Å². The molecule has 38 heavy (non-hydrogen) atoms. The van der Waals surface area contributed by atoms with Gasteiger partial charge in [0.1, 0.15) is 0 Å². The van der Waals surface area contributed by atoms with Crippen LogP contribution in [0, 0.1) is 0 Å². The van der Waals surface area contributed by atoms with Gasteiger partial charge >= 0.3 is 47.7 Å². The third-order valence-electron chi connectivity index (χ3n) is 4.63. The molecule has 0 aliphatic carbocycles. The zero-order valence-corrected chi connectivity index (χ0v) is 19.4. The Kier molecular flexibility index (Phi) is 9.36. The summed E-state index contributed by atoms with van der Waals surface area (Å²) in [6.07, 6.45) is -12.9. The molecule has 0 heterocycles. The molecule has 2 atom stereocenters. The van der Waals surface area contributed by atoms with Gasteiger partial charge < -0.3 is 4.74 Å². The fourth-order valence-electron chi connectivity index (χ4n) is 2.38. The number of rotatable bonds is 12. The molecule has 0 amide bonds. The Hall–Kier alpha value is -2.00. The lowest BCUT2D eigenvalue weighted by molar-refractivity contribution is -0.455. The van der Waals surface area contributed by atoms with Gasteiger partial charge in [-0.05, 0) is 13.8 Å². The van der Waals surface area contributed by atoms with Crippen molar-refractivity contribution in [1.29, 1.82) is 0 Å². The lowest BCUT2D eigenvalue weighted by atomic mass is 9.89. The second kappa shape index (κ2) is 9.88. The summed E-state index contributed by atoms with van der Waals surface area (Å²) >= 11 is 0. The van der Waals surface area contributed by atoms with E-state index in [2.05, 4.69) is 11.3 Å². The summed E-state index contributed by atoms with van der Waals surface area (Å²) in [5, 5.41) is -6.21. The molecule has 22 heteroatoms. The van der Waals surface area contributed by atoms with E-state index in [1.807, 2.05) is 0 Å². The van der Waals surface area contributed by atoms with Gasteiger partial charge in [0.05, 0.1) is 0 Å². The van der Waals surface area contributed by atoms with E-state index in [4.69, 9.17) is 0 Å². The Morgan fingerprint density at radius 1 is 0.737 bits per heavy atom. The number of nitrogens with one attached hydrogen (secondary N) is 1. The van der Waals surface area contributed by atoms with E-state index >= 15 is 0 Å². The molecule has 0 aromatic heterocycles. The predicted octanol–water partition coefficient (Wildman–Crippen LogP) is 5.82. The summed E-state index contributed by atoms with van der Waals surface area (Å²) in [5.41, 5.74) is -0.534. The molecular formula is C16H15F16NO4S. The van der Waals surface area contributed by atoms with Crippen molar-refractivity contribution in [3.63, 3.8) is 0 Å². The normalized spacial score (nSPS) is 17.6. The van der Waals surface area contributed by atoms with Gasteiger partial charge in [-0.1, -0.05) is 13.5 Å². The fraction of sp³-hybridized carbons (Fsp3) is 0.812. The molecule has 0 aromatic carbocycles. The molecule has 226 valence electrons. The lowest BCUT2D eigenvalue weighted by Crippen LogP contribution is -2.75. The van der Waals surface area contributed by atoms with Gasteiger partial charge in [-0.15, -0.1) is 0 Å². The van der Waals surface area contributed by atoms with E-state index in [1.165, 1.54) is 0 Å². The van der Waals surface area contributed by atoms with Crippen LogP contribution in [0.1, 0.15) is 27.2 Å². The highest BCUT2D eigenvalue weighted by molar-refractivity contribution is 7.90. The Bertz CT molecular complexity index is 1020. The lowest BCUT2D eigenvalue weighted by Gasteiger charge is -2.44. The SMILES string of the molecule is C=C(C)C(=O)OC(C)NS(=O)(=O)C(F)(CC)C(F)(F)C(F)(F)C(F)(F)C(F)(F)C(F)(F)C(F)(F)C(F)(F)F. The monoisotopic (exact) mass is 621 g/mol. The average molecular weight is 621 g/mol. The van der Waals surface area contributed by atoms with Crippen LogP contribution in [0.4, 0.5) is 70.2 Å². The van der Waals surface area contributed by atoms with Gasteiger partial charge in [0.15, 0.2) is 6.23 Å². The van der Waals surface area contributed by atoms with Crippen molar-refractivity contribution in [3.05, 3.63) is 12.2 Å². The van der Waals surface area contributed by atoms with Crippen molar-refractivity contribution >= 4 is 16.0 Å². The first-order chi connectivity index (χ1) is 16.3. The smallest absolute Gasteiger partial charge is 0.443 e. The van der Waals surface area contributed by atoms with Crippen LogP contribution in [0.5, 0.6) is 0 Å². The number of hydrogen-bond acceptors (Lipinski definition) is 4. The van der Waals surface area contributed by atoms with E-state index in [1.54, 1.807) is 0 Å². The Labute approximate surface area is 202 Å². The molecule has 0 rings (SSSR count). The zero-order valence-electron chi connectivity index (χ0n) is 18.6. The number of carbonyl (C=O) groups excluding carboxylic acids is 1. The Morgan fingerprint density at radius 2 is 1.05 bits per heavy atom. The molecular weight excluding hydrogens is 606 g/mol. The Balaban J connectivity index is 6.93. The third kappa shape index (κ3) is 5.01. The minimum absolute atomic E-state index is 0.115. The van der Waals surface area contributed by atoms with Crippen LogP contribution in [-0.4, -0.2) is 67.3 Å². The second-order valence-electron chi connectivity index (χ2n) is 7.48. The van der Waals surface area contributed by atoms with Crippen LogP contribution in [-0.2, 0) is 19.6 Å². The molecule has 0 bridgehead atoms. The standard InChI is InChI=1S/C16H15F16NO4S/c1-5-9(17,38(35,36)33-7(4)37-8(34)6(2)3)10(18,19)11(20,21)12(22,23)13(24,25)14(26,27)15(28,29)16(30,31)32/h7,33H,2,5H2,1,3-4H3. The van der Waals surface area contributed by atoms with Crippen LogP contribution in [0.25, 0.3) is 0 Å². The number of hydrogen-bond donors (Lipinski definition) is 1. The van der Waals surface area contributed by atoms with Crippen LogP contribution in [0.2, 0.25) is 0 Å². The highest BCUT2D eigenvalue weighted by Crippen LogP contribution is 2.64. The zero-order chi connectivity index (χ0) is 31.4. The van der Waals surface area contributed by atoms with E-state index in [9.17, 15) is 83.5 Å². The molecule has 0 fully saturated rings. The quantitative estimate of drug-likeness (QED) is 0.129. The van der Waals surface area contributed by atoms with Crippen molar-refractivity contribution in [2.75, 3.05) is 0 Å². The van der Waals surface area contributed by atoms with Gasteiger partial charge in [-0.25, -0.2) is 17.6 Å². The van der Waals surface area contributed by atoms with Crippen LogP contribution in [0.3, 0.4) is 0 Å². The summed E-state index contributed by atoms with van der Waals surface area (Å²) in [6, 6.07) is 0. The summed E-state index contributed by atoms with van der Waals surface area (Å²) in [4.78, 5) is 11.3. The number of halogens is 16. The number of ether oxygens (including phenoxy) is 1. The molecule has 0 spiro atoms. The second-order valence-corrected chi connectivity index (χ2v) is 9.36. The molecule has 0 aliphatic heterocycles. The summed E-state index contributed by atoms with van der Waals surface area (Å²) in [7, 11) is -6.92. The first-order valence-electron chi connectivity index (χ1n) is 9.19. The van der Waals surface area contributed by atoms with E-state index < -0.39 is 80.9 Å². The maximum atomic E-state index is 14.9. The van der Waals surface area contributed by atoms with Gasteiger partial charge in [-0.2, -0.15) is 70.6 Å². The molecule has 0 aliphatic rings. The van der Waals surface area contributed by atoms with E-state index in [0.29, 0.717) is 11.6 Å². The maximum absolute atomic E-state index is 14.9. The molecule has 5 nitrogen and oxygen atoms in total. The van der Waals surface area contributed by atoms with Crippen molar-refractivity contribution in [1.82, 2.24) is 4.72 Å². The van der Waals surface area contributed by atoms with Crippen LogP contribution >= 0.6 is 0 Å². The van der Waals surface area contributed by atoms with Crippen molar-refractivity contribution < 1.29 is 88.2 Å². The van der Waals surface area contributed by atoms with Gasteiger partial charge in [-0.3, -0.25) is 0 Å². The van der Waals surface area contributed by atoms with Gasteiger partial charge in [0.25, 0.3) is 15.0 Å². The highest BCUT2D eigenvalue weighted by Gasteiger charge is 2.95. The average Bonchev–Trinajstić information content (AvgIpc) is 2.70. The number of carbonyl (C=O) groups is 1. The number of alkyl halides is 16. The first-order valence-corrected chi connectivity index (χ1v) is 10.7. The predicted molar refractivity (Wildman–Crippen MR) is 92.3 cm³/mol. The van der Waals surface area contributed by atoms with E-state index in [-0.39, 0.29) is 6.92 Å². The largest absolute Gasteiger partial charge is 0.460 e. The molecule has 0 saturated carbocycles. The van der Waals surface area contributed by atoms with Gasteiger partial charge in [0, 0.05) is 12.0 Å². The minimum Gasteiger partial charge on any atom is -0.443 e. The number of sulfonamides is 1.